The van der Waals surface area contributed by atoms with Crippen molar-refractivity contribution < 1.29 is 4.79 Å². The smallest absolute Gasteiger partial charge is 0.239 e. The second-order valence-electron chi connectivity index (χ2n) is 2.95. The van der Waals surface area contributed by atoms with Crippen LogP contribution in [0.1, 0.15) is 5.56 Å². The molecule has 1 aromatic rings. The number of nitrogens with one attached hydrogen (secondary N) is 2. The lowest BCUT2D eigenvalue weighted by molar-refractivity contribution is -0.118. The fourth-order valence-electron chi connectivity index (χ4n) is 0.922. The van der Waals surface area contributed by atoms with Crippen LogP contribution in [-0.2, 0) is 4.79 Å². The Hall–Kier alpha value is -1.78. The third kappa shape index (κ3) is 2.62. The minimum absolute atomic E-state index is 0.0821. The Morgan fingerprint density at radius 1 is 1.64 bits per heavy atom. The van der Waals surface area contributed by atoms with E-state index in [9.17, 15) is 4.79 Å². The maximum atomic E-state index is 10.9. The second kappa shape index (κ2) is 4.45. The molecule has 0 atom stereocenters. The van der Waals surface area contributed by atoms with Crippen LogP contribution in [0.3, 0.4) is 0 Å². The van der Waals surface area contributed by atoms with Gasteiger partial charge in [0.05, 0.1) is 18.4 Å². The molecule has 0 radical (unpaired) electrons. The fourth-order valence-corrected chi connectivity index (χ4v) is 0.922. The molecule has 1 heterocycles. The minimum Gasteiger partial charge on any atom is -0.397 e. The van der Waals surface area contributed by atoms with E-state index in [2.05, 4.69) is 15.6 Å². The lowest BCUT2D eigenvalue weighted by Crippen LogP contribution is -2.26. The minimum atomic E-state index is -0.0821. The molecule has 5 nitrogen and oxygen atoms in total. The normalized spacial score (nSPS) is 9.57. The SMILES string of the molecule is CNC(=O)CNc1cc(C)c(N)cn1. The average molecular weight is 194 g/mol. The Kier molecular flexibility index (Phi) is 3.28. The van der Waals surface area contributed by atoms with Crippen LogP contribution in [0.5, 0.6) is 0 Å². The summed E-state index contributed by atoms with van der Waals surface area (Å²) in [5.41, 5.74) is 7.19. The maximum absolute atomic E-state index is 10.9. The van der Waals surface area contributed by atoms with Crippen LogP contribution in [0.15, 0.2) is 12.3 Å². The van der Waals surface area contributed by atoms with E-state index in [0.29, 0.717) is 11.5 Å². The van der Waals surface area contributed by atoms with Gasteiger partial charge in [0.2, 0.25) is 5.91 Å². The Morgan fingerprint density at radius 2 is 2.36 bits per heavy atom. The van der Waals surface area contributed by atoms with Gasteiger partial charge in [-0.3, -0.25) is 4.79 Å². The fraction of sp³-hybridized carbons (Fsp3) is 0.333. The molecule has 1 rings (SSSR count). The van der Waals surface area contributed by atoms with E-state index in [4.69, 9.17) is 5.73 Å². The van der Waals surface area contributed by atoms with E-state index < -0.39 is 0 Å². The number of aryl methyl sites for hydroxylation is 1. The molecule has 1 aromatic heterocycles. The standard InChI is InChI=1S/C9H14N4O/c1-6-3-8(12-4-7(6)10)13-5-9(14)11-2/h3-4H,5,10H2,1-2H3,(H,11,14)(H,12,13). The molecular weight excluding hydrogens is 180 g/mol. The molecule has 76 valence electrons. The molecule has 0 aliphatic rings. The highest BCUT2D eigenvalue weighted by atomic mass is 16.1. The Morgan fingerprint density at radius 3 is 2.93 bits per heavy atom. The van der Waals surface area contributed by atoms with Crippen molar-refractivity contribution in [2.24, 2.45) is 0 Å². The van der Waals surface area contributed by atoms with Gasteiger partial charge in [-0.15, -0.1) is 0 Å². The molecule has 0 unspecified atom stereocenters. The zero-order valence-corrected chi connectivity index (χ0v) is 8.29. The first kappa shape index (κ1) is 10.3. The lowest BCUT2D eigenvalue weighted by Gasteiger charge is -2.06. The highest BCUT2D eigenvalue weighted by Gasteiger charge is 2.00. The molecule has 0 aliphatic carbocycles. The molecule has 1 amide bonds. The third-order valence-electron chi connectivity index (χ3n) is 1.86. The number of rotatable bonds is 3. The van der Waals surface area contributed by atoms with Gasteiger partial charge >= 0.3 is 0 Å². The van der Waals surface area contributed by atoms with E-state index in [0.717, 1.165) is 5.56 Å². The van der Waals surface area contributed by atoms with Crippen LogP contribution >= 0.6 is 0 Å². The first-order chi connectivity index (χ1) is 6.63. The van der Waals surface area contributed by atoms with Crippen LogP contribution < -0.4 is 16.4 Å². The highest BCUT2D eigenvalue weighted by molar-refractivity contribution is 5.80. The van der Waals surface area contributed by atoms with E-state index in [1.165, 1.54) is 0 Å². The van der Waals surface area contributed by atoms with Crippen molar-refractivity contribution in [2.75, 3.05) is 24.6 Å². The Balaban J connectivity index is 2.60. The maximum Gasteiger partial charge on any atom is 0.239 e. The first-order valence-corrected chi connectivity index (χ1v) is 4.30. The number of nitrogen functional groups attached to an aromatic ring is 1. The van der Waals surface area contributed by atoms with E-state index >= 15 is 0 Å². The molecule has 0 spiro atoms. The van der Waals surface area contributed by atoms with Crippen LogP contribution in [-0.4, -0.2) is 24.5 Å². The zero-order chi connectivity index (χ0) is 10.6. The van der Waals surface area contributed by atoms with Crippen molar-refractivity contribution in [1.29, 1.82) is 0 Å². The van der Waals surface area contributed by atoms with Crippen molar-refractivity contribution in [1.82, 2.24) is 10.3 Å². The number of carbonyl (C=O) groups is 1. The molecule has 14 heavy (non-hydrogen) atoms. The molecular formula is C9H14N4O. The van der Waals surface area contributed by atoms with Crippen LogP contribution in [0, 0.1) is 6.92 Å². The molecule has 0 saturated heterocycles. The van der Waals surface area contributed by atoms with E-state index in [1.807, 2.05) is 6.92 Å². The van der Waals surface area contributed by atoms with Crippen molar-refractivity contribution in [2.45, 2.75) is 6.92 Å². The van der Waals surface area contributed by atoms with E-state index in [-0.39, 0.29) is 12.5 Å². The second-order valence-corrected chi connectivity index (χ2v) is 2.95. The van der Waals surface area contributed by atoms with Crippen molar-refractivity contribution in [3.63, 3.8) is 0 Å². The summed E-state index contributed by atoms with van der Waals surface area (Å²) in [6.45, 7) is 2.11. The third-order valence-corrected chi connectivity index (χ3v) is 1.86. The van der Waals surface area contributed by atoms with Gasteiger partial charge in [0.25, 0.3) is 0 Å². The van der Waals surface area contributed by atoms with Gasteiger partial charge in [-0.1, -0.05) is 0 Å². The van der Waals surface area contributed by atoms with Gasteiger partial charge in [-0.05, 0) is 18.6 Å². The first-order valence-electron chi connectivity index (χ1n) is 4.30. The van der Waals surface area contributed by atoms with Gasteiger partial charge in [-0.25, -0.2) is 4.98 Å². The molecule has 0 saturated carbocycles. The number of amides is 1. The number of pyridine rings is 1. The number of hydrogen-bond donors (Lipinski definition) is 3. The predicted octanol–water partition coefficient (Wildman–Crippen LogP) is 0.130. The highest BCUT2D eigenvalue weighted by Crippen LogP contribution is 2.12. The van der Waals surface area contributed by atoms with Crippen LogP contribution in [0.25, 0.3) is 0 Å². The van der Waals surface area contributed by atoms with Crippen molar-refractivity contribution >= 4 is 17.4 Å². The van der Waals surface area contributed by atoms with E-state index in [1.54, 1.807) is 19.3 Å². The average Bonchev–Trinajstić information content (AvgIpc) is 2.19. The summed E-state index contributed by atoms with van der Waals surface area (Å²) < 4.78 is 0. The molecule has 4 N–H and O–H groups in total. The van der Waals surface area contributed by atoms with Gasteiger partial charge in [0, 0.05) is 7.05 Å². The largest absolute Gasteiger partial charge is 0.397 e. The topological polar surface area (TPSA) is 80.0 Å². The van der Waals surface area contributed by atoms with Crippen LogP contribution in [0.4, 0.5) is 11.5 Å². The summed E-state index contributed by atoms with van der Waals surface area (Å²) >= 11 is 0. The van der Waals surface area contributed by atoms with Gasteiger partial charge in [-0.2, -0.15) is 0 Å². The quantitative estimate of drug-likeness (QED) is 0.639. The molecule has 0 bridgehead atoms. The number of nitrogens with zero attached hydrogens (tertiary/aromatic N) is 1. The van der Waals surface area contributed by atoms with Gasteiger partial charge in [0.1, 0.15) is 5.82 Å². The molecule has 0 fully saturated rings. The number of hydrogen-bond acceptors (Lipinski definition) is 4. The number of aromatic nitrogens is 1. The van der Waals surface area contributed by atoms with Crippen LogP contribution in [0.2, 0.25) is 0 Å². The Bertz CT molecular complexity index is 338. The summed E-state index contributed by atoms with van der Waals surface area (Å²) in [4.78, 5) is 14.9. The summed E-state index contributed by atoms with van der Waals surface area (Å²) in [7, 11) is 1.59. The van der Waals surface area contributed by atoms with Gasteiger partial charge < -0.3 is 16.4 Å². The molecule has 0 aliphatic heterocycles. The Labute approximate surface area is 82.7 Å². The molecule has 5 heteroatoms. The van der Waals surface area contributed by atoms with Crippen molar-refractivity contribution in [3.8, 4) is 0 Å². The monoisotopic (exact) mass is 194 g/mol. The number of nitrogens with two attached hydrogens (primary N) is 1. The predicted molar refractivity (Wildman–Crippen MR) is 55.9 cm³/mol. The number of anilines is 2. The molecule has 0 aromatic carbocycles. The van der Waals surface area contributed by atoms with Crippen molar-refractivity contribution in [3.05, 3.63) is 17.8 Å². The summed E-state index contributed by atoms with van der Waals surface area (Å²) in [6, 6.07) is 1.80. The summed E-state index contributed by atoms with van der Waals surface area (Å²) in [5, 5.41) is 5.39. The zero-order valence-electron chi connectivity index (χ0n) is 8.29. The lowest BCUT2D eigenvalue weighted by atomic mass is 10.2. The number of carbonyl (C=O) groups excluding carboxylic acids is 1. The summed E-state index contributed by atoms with van der Waals surface area (Å²) in [6.07, 6.45) is 1.57. The van der Waals surface area contributed by atoms with Gasteiger partial charge in [0.15, 0.2) is 0 Å². The summed E-state index contributed by atoms with van der Waals surface area (Å²) in [5.74, 6) is 0.571. The number of likely N-dealkylation sites (N-methyl/N-ethyl adjacent to an activating group) is 1.